The van der Waals surface area contributed by atoms with E-state index in [4.69, 9.17) is 11.6 Å². The summed E-state index contributed by atoms with van der Waals surface area (Å²) in [5, 5.41) is 11.7. The lowest BCUT2D eigenvalue weighted by atomic mass is 10.1. The highest BCUT2D eigenvalue weighted by Crippen LogP contribution is 2.27. The molecule has 1 amide bonds. The van der Waals surface area contributed by atoms with Crippen molar-refractivity contribution in [1.29, 1.82) is 0 Å². The Kier molecular flexibility index (Phi) is 6.55. The number of para-hydroxylation sites is 1. The molecule has 30 heavy (non-hydrogen) atoms. The minimum absolute atomic E-state index is 0.0547. The van der Waals surface area contributed by atoms with Gasteiger partial charge in [0.25, 0.3) is 5.69 Å². The summed E-state index contributed by atoms with van der Waals surface area (Å²) < 4.78 is 26.9. The molecule has 1 heterocycles. The van der Waals surface area contributed by atoms with Gasteiger partial charge in [-0.3, -0.25) is 14.9 Å². The van der Waals surface area contributed by atoms with Gasteiger partial charge in [0.1, 0.15) is 0 Å². The summed E-state index contributed by atoms with van der Waals surface area (Å²) in [5.74, 6) is -0.241. The Hall–Kier alpha value is -2.75. The zero-order chi connectivity index (χ0) is 21.9. The zero-order valence-corrected chi connectivity index (χ0v) is 17.8. The fraction of sp³-hybridized carbons (Fsp3) is 0.250. The molecule has 0 aliphatic carbocycles. The summed E-state index contributed by atoms with van der Waals surface area (Å²) in [6.07, 6.45) is 1.48. The van der Waals surface area contributed by atoms with Gasteiger partial charge in [-0.15, -0.1) is 0 Å². The van der Waals surface area contributed by atoms with Gasteiger partial charge in [0.2, 0.25) is 15.9 Å². The van der Waals surface area contributed by atoms with Crippen LogP contribution < -0.4 is 0 Å². The maximum Gasteiger partial charge on any atom is 0.289 e. The van der Waals surface area contributed by atoms with Gasteiger partial charge < -0.3 is 4.90 Å². The smallest absolute Gasteiger partial charge is 0.289 e. The van der Waals surface area contributed by atoms with E-state index < -0.39 is 20.6 Å². The third-order valence-electron chi connectivity index (χ3n) is 4.87. The van der Waals surface area contributed by atoms with Crippen molar-refractivity contribution >= 4 is 38.8 Å². The molecule has 0 bridgehead atoms. The Labute approximate surface area is 179 Å². The van der Waals surface area contributed by atoms with E-state index in [1.807, 2.05) is 12.1 Å². The van der Waals surface area contributed by atoms with Crippen LogP contribution in [0.15, 0.2) is 59.5 Å². The highest BCUT2D eigenvalue weighted by atomic mass is 35.5. The summed E-state index contributed by atoms with van der Waals surface area (Å²) >= 11 is 6.16. The molecule has 1 fully saturated rings. The van der Waals surface area contributed by atoms with Crippen molar-refractivity contribution in [1.82, 2.24) is 9.21 Å². The molecule has 8 nitrogen and oxygen atoms in total. The van der Waals surface area contributed by atoms with Crippen LogP contribution in [0.2, 0.25) is 5.02 Å². The predicted molar refractivity (Wildman–Crippen MR) is 114 cm³/mol. The SMILES string of the molecule is CC(=CC(=O)N1CCN(S(=O)(=O)c2ccccc2[N+](=O)[O-])CC1)c1ccccc1Cl. The lowest BCUT2D eigenvalue weighted by molar-refractivity contribution is -0.387. The number of nitro groups is 1. The Morgan fingerprint density at radius 1 is 1.07 bits per heavy atom. The van der Waals surface area contributed by atoms with Crippen molar-refractivity contribution in [3.05, 3.63) is 75.3 Å². The molecule has 158 valence electrons. The van der Waals surface area contributed by atoms with Crippen LogP contribution >= 0.6 is 11.6 Å². The second-order valence-electron chi connectivity index (χ2n) is 6.76. The first-order chi connectivity index (χ1) is 14.2. The Balaban J connectivity index is 1.72. The molecular formula is C20H20ClN3O5S. The highest BCUT2D eigenvalue weighted by Gasteiger charge is 2.34. The van der Waals surface area contributed by atoms with Crippen LogP contribution in [0.3, 0.4) is 0 Å². The maximum absolute atomic E-state index is 12.9. The number of allylic oxidation sites excluding steroid dienone is 1. The largest absolute Gasteiger partial charge is 0.337 e. The summed E-state index contributed by atoms with van der Waals surface area (Å²) in [6, 6.07) is 12.4. The second-order valence-corrected chi connectivity index (χ2v) is 9.07. The van der Waals surface area contributed by atoms with Gasteiger partial charge in [0.15, 0.2) is 4.90 Å². The molecule has 0 N–H and O–H groups in total. The minimum atomic E-state index is -4.04. The number of rotatable bonds is 5. The molecule has 0 spiro atoms. The number of nitrogens with zero attached hydrogens (tertiary/aromatic N) is 3. The number of carbonyl (C=O) groups excluding carboxylic acids is 1. The van der Waals surface area contributed by atoms with E-state index in [1.165, 1.54) is 28.6 Å². The summed E-state index contributed by atoms with van der Waals surface area (Å²) in [7, 11) is -4.04. The number of carbonyl (C=O) groups is 1. The molecule has 1 aliphatic heterocycles. The van der Waals surface area contributed by atoms with Crippen LogP contribution in [0.5, 0.6) is 0 Å². The van der Waals surface area contributed by atoms with Gasteiger partial charge in [-0.2, -0.15) is 4.31 Å². The lowest BCUT2D eigenvalue weighted by Gasteiger charge is -2.33. The average molecular weight is 450 g/mol. The molecular weight excluding hydrogens is 430 g/mol. The van der Waals surface area contributed by atoms with Crippen LogP contribution in [0.25, 0.3) is 5.57 Å². The van der Waals surface area contributed by atoms with Crippen molar-refractivity contribution in [2.45, 2.75) is 11.8 Å². The normalized spacial score (nSPS) is 15.8. The number of halogens is 1. The standard InChI is InChI=1S/C20H20ClN3O5S/c1-15(16-6-2-3-7-17(16)21)14-20(25)22-10-12-23(13-11-22)30(28,29)19-9-5-4-8-18(19)24(26)27/h2-9,14H,10-13H2,1H3. The molecule has 0 radical (unpaired) electrons. The summed E-state index contributed by atoms with van der Waals surface area (Å²) in [5.41, 5.74) is 1.000. The summed E-state index contributed by atoms with van der Waals surface area (Å²) in [6.45, 7) is 2.27. The van der Waals surface area contributed by atoms with E-state index >= 15 is 0 Å². The Morgan fingerprint density at radius 2 is 1.67 bits per heavy atom. The first-order valence-corrected chi connectivity index (χ1v) is 11.0. The summed E-state index contributed by atoms with van der Waals surface area (Å²) in [4.78, 5) is 24.3. The molecule has 10 heteroatoms. The highest BCUT2D eigenvalue weighted by molar-refractivity contribution is 7.89. The van der Waals surface area contributed by atoms with Gasteiger partial charge in [-0.25, -0.2) is 8.42 Å². The van der Waals surface area contributed by atoms with Crippen molar-refractivity contribution in [2.24, 2.45) is 0 Å². The maximum atomic E-state index is 12.9. The molecule has 2 aromatic rings. The molecule has 0 aromatic heterocycles. The lowest BCUT2D eigenvalue weighted by Crippen LogP contribution is -2.50. The van der Waals surface area contributed by atoms with E-state index in [9.17, 15) is 23.3 Å². The molecule has 3 rings (SSSR count). The molecule has 0 atom stereocenters. The number of benzene rings is 2. The van der Waals surface area contributed by atoms with Crippen LogP contribution in [0.4, 0.5) is 5.69 Å². The molecule has 2 aromatic carbocycles. The molecule has 1 aliphatic rings. The van der Waals surface area contributed by atoms with Gasteiger partial charge >= 0.3 is 0 Å². The van der Waals surface area contributed by atoms with Crippen molar-refractivity contribution in [3.63, 3.8) is 0 Å². The molecule has 1 saturated heterocycles. The minimum Gasteiger partial charge on any atom is -0.337 e. The van der Waals surface area contributed by atoms with E-state index in [-0.39, 0.29) is 37.0 Å². The Bertz CT molecular complexity index is 1110. The van der Waals surface area contributed by atoms with E-state index in [0.29, 0.717) is 10.6 Å². The fourth-order valence-electron chi connectivity index (χ4n) is 3.25. The Morgan fingerprint density at radius 3 is 2.30 bits per heavy atom. The van der Waals surface area contributed by atoms with Crippen LogP contribution in [0.1, 0.15) is 12.5 Å². The molecule has 0 unspecified atom stereocenters. The van der Waals surface area contributed by atoms with E-state index in [2.05, 4.69) is 0 Å². The quantitative estimate of drug-likeness (QED) is 0.396. The number of nitro benzene ring substituents is 1. The monoisotopic (exact) mass is 449 g/mol. The average Bonchev–Trinajstić information content (AvgIpc) is 2.74. The third kappa shape index (κ3) is 4.53. The fourth-order valence-corrected chi connectivity index (χ4v) is 5.11. The zero-order valence-electron chi connectivity index (χ0n) is 16.2. The van der Waals surface area contributed by atoms with Crippen molar-refractivity contribution in [3.8, 4) is 0 Å². The number of hydrogen-bond acceptors (Lipinski definition) is 5. The molecule has 0 saturated carbocycles. The number of hydrogen-bond donors (Lipinski definition) is 0. The first-order valence-electron chi connectivity index (χ1n) is 9.17. The van der Waals surface area contributed by atoms with Gasteiger partial charge in [0, 0.05) is 43.3 Å². The topological polar surface area (TPSA) is 101 Å². The first kappa shape index (κ1) is 21.9. The van der Waals surface area contributed by atoms with Crippen LogP contribution in [0, 0.1) is 10.1 Å². The number of amides is 1. The number of sulfonamides is 1. The number of piperazine rings is 1. The van der Waals surface area contributed by atoms with E-state index in [1.54, 1.807) is 24.0 Å². The van der Waals surface area contributed by atoms with Crippen molar-refractivity contribution in [2.75, 3.05) is 26.2 Å². The third-order valence-corrected chi connectivity index (χ3v) is 7.14. The van der Waals surface area contributed by atoms with Gasteiger partial charge in [-0.1, -0.05) is 41.9 Å². The van der Waals surface area contributed by atoms with Crippen LogP contribution in [-0.4, -0.2) is 54.6 Å². The van der Waals surface area contributed by atoms with Crippen LogP contribution in [-0.2, 0) is 14.8 Å². The predicted octanol–water partition coefficient (Wildman–Crippen LogP) is 3.18. The van der Waals surface area contributed by atoms with Gasteiger partial charge in [-0.05, 0) is 30.2 Å². The van der Waals surface area contributed by atoms with E-state index in [0.717, 1.165) is 11.6 Å². The van der Waals surface area contributed by atoms with Crippen molar-refractivity contribution < 1.29 is 18.1 Å². The van der Waals surface area contributed by atoms with Gasteiger partial charge in [0.05, 0.1) is 4.92 Å². The second kappa shape index (κ2) is 8.95.